The summed E-state index contributed by atoms with van der Waals surface area (Å²) in [5, 5.41) is 9.58. The Hall–Kier alpha value is 0.790. The lowest BCUT2D eigenvalue weighted by molar-refractivity contribution is -0.0416. The Morgan fingerprint density at radius 1 is 1.38 bits per heavy atom. The fraction of sp³-hybridized carbons (Fsp3) is 1.00. The zero-order valence-electron chi connectivity index (χ0n) is 3.86. The van der Waals surface area contributed by atoms with E-state index < -0.39 is 10.6 Å². The van der Waals surface area contributed by atoms with Crippen molar-refractivity contribution in [3.63, 3.8) is 0 Å². The van der Waals surface area contributed by atoms with E-state index in [1.54, 1.807) is 0 Å². The highest BCUT2D eigenvalue weighted by molar-refractivity contribution is 6.67. The summed E-state index contributed by atoms with van der Waals surface area (Å²) >= 11 is 15.5. The standard InChI is InChI=1S/C3H4Cl3O2/c4-3(5,6)1-8-2-7/h1-2H2. The molecule has 0 bridgehead atoms. The van der Waals surface area contributed by atoms with E-state index in [9.17, 15) is 5.11 Å². The van der Waals surface area contributed by atoms with E-state index in [1.807, 2.05) is 0 Å². The zero-order valence-corrected chi connectivity index (χ0v) is 6.13. The first kappa shape index (κ1) is 8.79. The second-order valence-corrected chi connectivity index (χ2v) is 3.60. The molecule has 49 valence electrons. The molecule has 8 heavy (non-hydrogen) atoms. The lowest BCUT2D eigenvalue weighted by Gasteiger charge is -2.07. The maximum Gasteiger partial charge on any atom is 0.213 e. The fourth-order valence-electron chi connectivity index (χ4n) is 0.157. The van der Waals surface area contributed by atoms with Gasteiger partial charge in [0.05, 0.1) is 6.61 Å². The molecule has 0 N–H and O–H groups in total. The monoisotopic (exact) mass is 177 g/mol. The Labute approximate surface area is 62.3 Å². The molecule has 0 saturated heterocycles. The zero-order chi connectivity index (χ0) is 6.62. The van der Waals surface area contributed by atoms with Gasteiger partial charge in [-0.2, -0.15) is 0 Å². The van der Waals surface area contributed by atoms with Gasteiger partial charge in [-0.15, -0.1) is 0 Å². The highest BCUT2D eigenvalue weighted by atomic mass is 35.6. The van der Waals surface area contributed by atoms with Crippen LogP contribution in [0.3, 0.4) is 0 Å². The molecule has 0 amide bonds. The summed E-state index contributed by atoms with van der Waals surface area (Å²) in [5.74, 6) is 0. The van der Waals surface area contributed by atoms with Crippen LogP contribution >= 0.6 is 34.8 Å². The summed E-state index contributed by atoms with van der Waals surface area (Å²) in [4.78, 5) is 0. The number of hydrogen-bond donors (Lipinski definition) is 0. The number of halogens is 3. The lowest BCUT2D eigenvalue weighted by Crippen LogP contribution is -2.12. The average Bonchev–Trinajstić information content (AvgIpc) is 1.59. The fourth-order valence-corrected chi connectivity index (χ4v) is 0.389. The quantitative estimate of drug-likeness (QED) is 0.468. The van der Waals surface area contributed by atoms with Gasteiger partial charge in [0.25, 0.3) is 0 Å². The molecule has 5 heteroatoms. The van der Waals surface area contributed by atoms with Gasteiger partial charge in [0.2, 0.25) is 3.79 Å². The molecule has 0 aromatic rings. The minimum absolute atomic E-state index is 0.152. The van der Waals surface area contributed by atoms with Crippen molar-refractivity contribution in [2.24, 2.45) is 0 Å². The Morgan fingerprint density at radius 3 is 2.00 bits per heavy atom. The summed E-state index contributed by atoms with van der Waals surface area (Å²) in [5.41, 5.74) is 0. The van der Waals surface area contributed by atoms with Crippen LogP contribution in [0.1, 0.15) is 0 Å². The molecule has 0 aromatic heterocycles. The van der Waals surface area contributed by atoms with Crippen molar-refractivity contribution in [2.45, 2.75) is 3.79 Å². The normalized spacial score (nSPS) is 12.0. The number of hydrogen-bond acceptors (Lipinski definition) is 1. The Morgan fingerprint density at radius 2 is 1.88 bits per heavy atom. The molecule has 0 aliphatic rings. The van der Waals surface area contributed by atoms with Crippen molar-refractivity contribution >= 4 is 34.8 Å². The summed E-state index contributed by atoms with van der Waals surface area (Å²) in [6.07, 6.45) is 0. The first-order valence-electron chi connectivity index (χ1n) is 1.79. The van der Waals surface area contributed by atoms with E-state index in [0.717, 1.165) is 0 Å². The Bertz CT molecular complexity index is 60.0. The van der Waals surface area contributed by atoms with Gasteiger partial charge in [-0.3, -0.25) is 0 Å². The summed E-state index contributed by atoms with van der Waals surface area (Å²) in [7, 11) is 0. The van der Waals surface area contributed by atoms with E-state index in [2.05, 4.69) is 4.74 Å². The van der Waals surface area contributed by atoms with Gasteiger partial charge >= 0.3 is 0 Å². The third-order valence-electron chi connectivity index (χ3n) is 0.349. The minimum atomic E-state index is -1.45. The molecule has 0 aliphatic heterocycles. The average molecular weight is 178 g/mol. The first-order chi connectivity index (χ1) is 3.56. The van der Waals surface area contributed by atoms with E-state index in [-0.39, 0.29) is 6.61 Å². The smallest absolute Gasteiger partial charge is 0.213 e. The molecule has 2 nitrogen and oxygen atoms in total. The third-order valence-corrected chi connectivity index (χ3v) is 0.676. The molecular formula is C3H4Cl3O2. The molecule has 0 atom stereocenters. The van der Waals surface area contributed by atoms with Gasteiger partial charge in [0.1, 0.15) is 0 Å². The van der Waals surface area contributed by atoms with Crippen LogP contribution in [-0.2, 0) is 9.84 Å². The molecular weight excluding hydrogens is 174 g/mol. The van der Waals surface area contributed by atoms with Crippen LogP contribution in [0, 0.1) is 0 Å². The van der Waals surface area contributed by atoms with Crippen LogP contribution in [0.2, 0.25) is 0 Å². The highest BCUT2D eigenvalue weighted by Gasteiger charge is 2.18. The van der Waals surface area contributed by atoms with Crippen LogP contribution in [0.15, 0.2) is 0 Å². The van der Waals surface area contributed by atoms with Crippen LogP contribution < -0.4 is 0 Å². The van der Waals surface area contributed by atoms with Gasteiger partial charge in [-0.1, -0.05) is 34.8 Å². The van der Waals surface area contributed by atoms with Gasteiger partial charge in [-0.25, -0.2) is 5.11 Å². The number of rotatable bonds is 2. The van der Waals surface area contributed by atoms with E-state index >= 15 is 0 Å². The maximum atomic E-state index is 9.58. The molecule has 0 aromatic carbocycles. The van der Waals surface area contributed by atoms with Crippen molar-refractivity contribution < 1.29 is 9.84 Å². The van der Waals surface area contributed by atoms with Gasteiger partial charge in [-0.05, 0) is 0 Å². The van der Waals surface area contributed by atoms with E-state index in [0.29, 0.717) is 0 Å². The molecule has 0 heterocycles. The number of ether oxygens (including phenoxy) is 1. The molecule has 0 rings (SSSR count). The predicted molar refractivity (Wildman–Crippen MR) is 31.8 cm³/mol. The second kappa shape index (κ2) is 3.75. The van der Waals surface area contributed by atoms with Crippen molar-refractivity contribution in [1.29, 1.82) is 0 Å². The van der Waals surface area contributed by atoms with E-state index in [4.69, 9.17) is 34.8 Å². The topological polar surface area (TPSA) is 29.1 Å². The lowest BCUT2D eigenvalue weighted by atomic mass is 10.8. The molecule has 0 saturated carbocycles. The van der Waals surface area contributed by atoms with Crippen LogP contribution in [0.25, 0.3) is 0 Å². The van der Waals surface area contributed by atoms with Gasteiger partial charge < -0.3 is 4.74 Å². The SMILES string of the molecule is [O]COCC(Cl)(Cl)Cl. The second-order valence-electron chi connectivity index (χ2n) is 1.08. The van der Waals surface area contributed by atoms with Crippen molar-refractivity contribution in [2.75, 3.05) is 13.4 Å². The Balaban J connectivity index is 3.11. The van der Waals surface area contributed by atoms with E-state index in [1.165, 1.54) is 0 Å². The largest absolute Gasteiger partial charge is 0.348 e. The maximum absolute atomic E-state index is 9.58. The van der Waals surface area contributed by atoms with Crippen LogP contribution in [0.5, 0.6) is 0 Å². The molecule has 0 unspecified atom stereocenters. The molecule has 1 radical (unpaired) electrons. The van der Waals surface area contributed by atoms with Crippen LogP contribution in [-0.4, -0.2) is 17.2 Å². The van der Waals surface area contributed by atoms with Gasteiger partial charge in [0, 0.05) is 0 Å². The summed E-state index contributed by atoms with van der Waals surface area (Å²) < 4.78 is 2.79. The van der Waals surface area contributed by atoms with Gasteiger partial charge in [0.15, 0.2) is 6.79 Å². The molecule has 0 aliphatic carbocycles. The molecule has 0 spiro atoms. The highest BCUT2D eigenvalue weighted by Crippen LogP contribution is 2.25. The molecule has 0 fully saturated rings. The van der Waals surface area contributed by atoms with Crippen molar-refractivity contribution in [3.05, 3.63) is 0 Å². The predicted octanol–water partition coefficient (Wildman–Crippen LogP) is 1.76. The first-order valence-corrected chi connectivity index (χ1v) is 2.92. The van der Waals surface area contributed by atoms with Crippen molar-refractivity contribution in [1.82, 2.24) is 0 Å². The van der Waals surface area contributed by atoms with Crippen LogP contribution in [0.4, 0.5) is 0 Å². The Kier molecular flexibility index (Phi) is 4.12. The number of alkyl halides is 3. The summed E-state index contributed by atoms with van der Waals surface area (Å²) in [6, 6.07) is 0. The minimum Gasteiger partial charge on any atom is -0.348 e. The summed E-state index contributed by atoms with van der Waals surface area (Å²) in [6.45, 7) is -0.824. The van der Waals surface area contributed by atoms with Crippen molar-refractivity contribution in [3.8, 4) is 0 Å². The third kappa shape index (κ3) is 6.79.